The topological polar surface area (TPSA) is 42.2 Å². The van der Waals surface area contributed by atoms with Gasteiger partial charge in [0.15, 0.2) is 5.82 Å². The average Bonchev–Trinajstić information content (AvgIpc) is 3.09. The Kier molecular flexibility index (Phi) is 4.17. The maximum absolute atomic E-state index is 5.44. The van der Waals surface area contributed by atoms with Crippen LogP contribution in [0, 0.1) is 0 Å². The molecule has 0 radical (unpaired) electrons. The molecule has 25 heavy (non-hydrogen) atoms. The first-order valence-corrected chi connectivity index (χ1v) is 8.34. The molecular weight excluding hydrogens is 310 g/mol. The smallest absolute Gasteiger partial charge is 0.246 e. The van der Waals surface area contributed by atoms with Crippen molar-refractivity contribution >= 4 is 16.5 Å². The van der Waals surface area contributed by atoms with E-state index in [0.29, 0.717) is 24.7 Å². The molecular formula is C21H19N3O. The van der Waals surface area contributed by atoms with E-state index < -0.39 is 0 Å². The van der Waals surface area contributed by atoms with Crippen LogP contribution in [-0.2, 0) is 13.0 Å². The lowest BCUT2D eigenvalue weighted by atomic mass is 10.1. The number of fused-ring (bicyclic) bond motifs is 1. The molecule has 4 rings (SSSR count). The molecule has 0 atom stereocenters. The summed E-state index contributed by atoms with van der Waals surface area (Å²) in [5, 5.41) is 6.55. The first-order valence-electron chi connectivity index (χ1n) is 8.34. The van der Waals surface area contributed by atoms with Crippen LogP contribution in [0.1, 0.15) is 17.3 Å². The zero-order valence-electron chi connectivity index (χ0n) is 14.1. The highest BCUT2D eigenvalue weighted by Gasteiger charge is 2.12. The van der Waals surface area contributed by atoms with Gasteiger partial charge in [-0.1, -0.05) is 71.9 Å². The van der Waals surface area contributed by atoms with Gasteiger partial charge in [0.25, 0.3) is 0 Å². The van der Waals surface area contributed by atoms with Gasteiger partial charge in [-0.25, -0.2) is 0 Å². The van der Waals surface area contributed by atoms with Crippen LogP contribution >= 0.6 is 0 Å². The zero-order valence-corrected chi connectivity index (χ0v) is 14.1. The van der Waals surface area contributed by atoms with E-state index in [1.54, 1.807) is 0 Å². The second kappa shape index (κ2) is 6.77. The van der Waals surface area contributed by atoms with Crippen molar-refractivity contribution < 1.29 is 4.52 Å². The molecule has 124 valence electrons. The van der Waals surface area contributed by atoms with E-state index in [0.717, 1.165) is 5.69 Å². The fraction of sp³-hybridized carbons (Fsp3) is 0.143. The van der Waals surface area contributed by atoms with Crippen molar-refractivity contribution in [2.24, 2.45) is 0 Å². The molecule has 0 N–H and O–H groups in total. The van der Waals surface area contributed by atoms with Crippen molar-refractivity contribution in [3.8, 4) is 0 Å². The van der Waals surface area contributed by atoms with E-state index in [-0.39, 0.29) is 0 Å². The maximum Gasteiger partial charge on any atom is 0.246 e. The predicted octanol–water partition coefficient (Wildman–Crippen LogP) is 4.45. The fourth-order valence-electron chi connectivity index (χ4n) is 3.03. The van der Waals surface area contributed by atoms with Crippen LogP contribution in [0.3, 0.4) is 0 Å². The van der Waals surface area contributed by atoms with Crippen LogP contribution in [0.2, 0.25) is 0 Å². The molecule has 1 heterocycles. The monoisotopic (exact) mass is 329 g/mol. The van der Waals surface area contributed by atoms with Crippen LogP contribution in [0.4, 0.5) is 5.69 Å². The zero-order chi connectivity index (χ0) is 17.1. The molecule has 4 heteroatoms. The Labute approximate surface area is 146 Å². The van der Waals surface area contributed by atoms with Gasteiger partial charge in [0, 0.05) is 24.5 Å². The number of benzene rings is 3. The van der Waals surface area contributed by atoms with Gasteiger partial charge in [-0.2, -0.15) is 4.98 Å². The lowest BCUT2D eigenvalue weighted by molar-refractivity contribution is 0.373. The number of hydrogen-bond donors (Lipinski definition) is 0. The minimum absolute atomic E-state index is 0.579. The summed E-state index contributed by atoms with van der Waals surface area (Å²) >= 11 is 0. The van der Waals surface area contributed by atoms with E-state index in [1.165, 1.54) is 16.3 Å². The van der Waals surface area contributed by atoms with E-state index in [9.17, 15) is 0 Å². The van der Waals surface area contributed by atoms with Gasteiger partial charge in [-0.05, 0) is 17.0 Å². The summed E-state index contributed by atoms with van der Waals surface area (Å²) in [5.74, 6) is 1.34. The molecule has 0 spiro atoms. The molecule has 1 aromatic heterocycles. The minimum Gasteiger partial charge on any atom is -0.365 e. The van der Waals surface area contributed by atoms with Crippen LogP contribution in [0.5, 0.6) is 0 Å². The minimum atomic E-state index is 0.579. The largest absolute Gasteiger partial charge is 0.365 e. The van der Waals surface area contributed by atoms with Gasteiger partial charge < -0.3 is 9.42 Å². The van der Waals surface area contributed by atoms with Crippen molar-refractivity contribution in [2.75, 3.05) is 11.9 Å². The number of nitrogens with zero attached hydrogens (tertiary/aromatic N) is 3. The van der Waals surface area contributed by atoms with Crippen molar-refractivity contribution in [1.82, 2.24) is 10.1 Å². The Morgan fingerprint density at radius 1 is 0.880 bits per heavy atom. The molecule has 0 aliphatic heterocycles. The van der Waals surface area contributed by atoms with Crippen LogP contribution in [0.25, 0.3) is 10.8 Å². The van der Waals surface area contributed by atoms with Crippen LogP contribution < -0.4 is 4.90 Å². The van der Waals surface area contributed by atoms with Gasteiger partial charge in [0.05, 0.1) is 6.54 Å². The third-order valence-corrected chi connectivity index (χ3v) is 4.27. The van der Waals surface area contributed by atoms with Crippen LogP contribution in [0.15, 0.2) is 77.3 Å². The Morgan fingerprint density at radius 2 is 1.64 bits per heavy atom. The highest BCUT2D eigenvalue weighted by Crippen LogP contribution is 2.26. The summed E-state index contributed by atoms with van der Waals surface area (Å²) in [6.45, 7) is 0.579. The molecule has 0 amide bonds. The lowest BCUT2D eigenvalue weighted by Crippen LogP contribution is -2.16. The van der Waals surface area contributed by atoms with Crippen molar-refractivity contribution in [1.29, 1.82) is 0 Å². The summed E-state index contributed by atoms with van der Waals surface area (Å²) in [4.78, 5) is 6.67. The molecule has 0 saturated carbocycles. The van der Waals surface area contributed by atoms with E-state index >= 15 is 0 Å². The summed E-state index contributed by atoms with van der Waals surface area (Å²) in [5.41, 5.74) is 2.33. The molecule has 0 saturated heterocycles. The van der Waals surface area contributed by atoms with Crippen molar-refractivity contribution in [3.05, 3.63) is 90.1 Å². The molecule has 3 aromatic carbocycles. The standard InChI is InChI=1S/C21H19N3O/c1-24(19-13-7-11-17-10-5-6-12-18(17)19)15-21-22-20(23-25-21)14-16-8-3-2-4-9-16/h2-13H,14-15H2,1H3. The Bertz CT molecular complexity index is 973. The first kappa shape index (κ1) is 15.4. The Balaban J connectivity index is 1.52. The third-order valence-electron chi connectivity index (χ3n) is 4.27. The lowest BCUT2D eigenvalue weighted by Gasteiger charge is -2.19. The average molecular weight is 329 g/mol. The summed E-state index contributed by atoms with van der Waals surface area (Å²) in [7, 11) is 2.04. The van der Waals surface area contributed by atoms with Gasteiger partial charge in [-0.3, -0.25) is 0 Å². The summed E-state index contributed by atoms with van der Waals surface area (Å²) in [6.07, 6.45) is 0.683. The van der Waals surface area contributed by atoms with Crippen molar-refractivity contribution in [2.45, 2.75) is 13.0 Å². The first-order chi connectivity index (χ1) is 12.3. The Hall–Kier alpha value is -3.14. The number of anilines is 1. The predicted molar refractivity (Wildman–Crippen MR) is 99.6 cm³/mol. The van der Waals surface area contributed by atoms with E-state index in [4.69, 9.17) is 4.52 Å². The highest BCUT2D eigenvalue weighted by molar-refractivity contribution is 5.94. The van der Waals surface area contributed by atoms with Gasteiger partial charge in [-0.15, -0.1) is 0 Å². The summed E-state index contributed by atoms with van der Waals surface area (Å²) in [6, 6.07) is 24.9. The quantitative estimate of drug-likeness (QED) is 0.542. The molecule has 0 fully saturated rings. The molecule has 0 bridgehead atoms. The second-order valence-corrected chi connectivity index (χ2v) is 6.12. The maximum atomic E-state index is 5.44. The van der Waals surface area contributed by atoms with Gasteiger partial charge in [0.1, 0.15) is 0 Å². The highest BCUT2D eigenvalue weighted by atomic mass is 16.5. The van der Waals surface area contributed by atoms with Crippen LogP contribution in [-0.4, -0.2) is 17.2 Å². The Morgan fingerprint density at radius 3 is 2.52 bits per heavy atom. The molecule has 0 aliphatic rings. The van der Waals surface area contributed by atoms with E-state index in [2.05, 4.69) is 69.6 Å². The van der Waals surface area contributed by atoms with Crippen molar-refractivity contribution in [3.63, 3.8) is 0 Å². The fourth-order valence-corrected chi connectivity index (χ4v) is 3.03. The summed E-state index contributed by atoms with van der Waals surface area (Å²) < 4.78 is 5.44. The second-order valence-electron chi connectivity index (χ2n) is 6.12. The van der Waals surface area contributed by atoms with Gasteiger partial charge >= 0.3 is 0 Å². The molecule has 4 aromatic rings. The normalized spacial score (nSPS) is 10.9. The van der Waals surface area contributed by atoms with Gasteiger partial charge in [0.2, 0.25) is 5.89 Å². The number of rotatable bonds is 5. The molecule has 0 aliphatic carbocycles. The number of aromatic nitrogens is 2. The van der Waals surface area contributed by atoms with E-state index in [1.807, 2.05) is 25.2 Å². The number of hydrogen-bond acceptors (Lipinski definition) is 4. The third kappa shape index (κ3) is 3.38. The molecule has 4 nitrogen and oxygen atoms in total. The molecule has 0 unspecified atom stereocenters. The SMILES string of the molecule is CN(Cc1nc(Cc2ccccc2)no1)c1cccc2ccccc12.